The van der Waals surface area contributed by atoms with Crippen molar-refractivity contribution in [2.75, 3.05) is 32.7 Å². The summed E-state index contributed by atoms with van der Waals surface area (Å²) in [6.45, 7) is 4.66. The highest BCUT2D eigenvalue weighted by Crippen LogP contribution is 1.97. The number of hydrogen-bond donors (Lipinski definition) is 3. The molecule has 1 aliphatic rings. The SMILES string of the molecule is N=C/C(=C\O)CN1CCNCC1. The van der Waals surface area contributed by atoms with Gasteiger partial charge >= 0.3 is 0 Å². The van der Waals surface area contributed by atoms with Gasteiger partial charge in [0, 0.05) is 44.5 Å². The van der Waals surface area contributed by atoms with Crippen molar-refractivity contribution in [1.29, 1.82) is 5.41 Å². The first-order valence-electron chi connectivity index (χ1n) is 4.13. The van der Waals surface area contributed by atoms with Crippen LogP contribution in [-0.2, 0) is 0 Å². The van der Waals surface area contributed by atoms with Crippen molar-refractivity contribution in [2.45, 2.75) is 0 Å². The molecule has 4 heteroatoms. The van der Waals surface area contributed by atoms with Crippen LogP contribution in [0.4, 0.5) is 0 Å². The summed E-state index contributed by atoms with van der Waals surface area (Å²) in [7, 11) is 0. The predicted molar refractivity (Wildman–Crippen MR) is 48.8 cm³/mol. The van der Waals surface area contributed by atoms with Gasteiger partial charge in [0.2, 0.25) is 0 Å². The maximum absolute atomic E-state index is 8.70. The van der Waals surface area contributed by atoms with E-state index in [-0.39, 0.29) is 0 Å². The first kappa shape index (κ1) is 9.22. The Morgan fingerprint density at radius 1 is 1.50 bits per heavy atom. The Balaban J connectivity index is 2.33. The lowest BCUT2D eigenvalue weighted by Gasteiger charge is -2.26. The lowest BCUT2D eigenvalue weighted by atomic mass is 10.2. The van der Waals surface area contributed by atoms with Gasteiger partial charge in [0.05, 0.1) is 6.26 Å². The molecule has 0 saturated carbocycles. The molecule has 1 aliphatic heterocycles. The molecule has 0 unspecified atom stereocenters. The molecule has 1 heterocycles. The van der Waals surface area contributed by atoms with Crippen molar-refractivity contribution >= 4 is 6.21 Å². The van der Waals surface area contributed by atoms with E-state index in [1.54, 1.807) is 0 Å². The van der Waals surface area contributed by atoms with E-state index in [9.17, 15) is 0 Å². The number of aliphatic hydroxyl groups excluding tert-OH is 1. The molecular weight excluding hydrogens is 154 g/mol. The first-order valence-corrected chi connectivity index (χ1v) is 4.13. The average Bonchev–Trinajstić information content (AvgIpc) is 2.16. The number of rotatable bonds is 3. The molecule has 0 aliphatic carbocycles. The Labute approximate surface area is 72.4 Å². The molecule has 3 N–H and O–H groups in total. The quantitative estimate of drug-likeness (QED) is 0.411. The number of nitrogens with zero attached hydrogens (tertiary/aromatic N) is 1. The van der Waals surface area contributed by atoms with Crippen LogP contribution in [0, 0.1) is 5.41 Å². The van der Waals surface area contributed by atoms with Gasteiger partial charge in [-0.05, 0) is 0 Å². The molecule has 0 spiro atoms. The van der Waals surface area contributed by atoms with Gasteiger partial charge in [-0.15, -0.1) is 0 Å². The van der Waals surface area contributed by atoms with Gasteiger partial charge in [0.1, 0.15) is 0 Å². The normalized spacial score (nSPS) is 20.8. The second-order valence-corrected chi connectivity index (χ2v) is 2.87. The summed E-state index contributed by atoms with van der Waals surface area (Å²) in [5.41, 5.74) is 0.664. The third-order valence-electron chi connectivity index (χ3n) is 1.97. The molecule has 0 aromatic carbocycles. The number of hydrogen-bond acceptors (Lipinski definition) is 4. The highest BCUT2D eigenvalue weighted by atomic mass is 16.2. The highest BCUT2D eigenvalue weighted by molar-refractivity contribution is 5.75. The molecular formula is C8H15N3O. The fourth-order valence-corrected chi connectivity index (χ4v) is 1.25. The van der Waals surface area contributed by atoms with Crippen LogP contribution >= 0.6 is 0 Å². The average molecular weight is 169 g/mol. The standard InChI is InChI=1S/C8H15N3O/c9-5-8(7-12)6-11-3-1-10-2-4-11/h5,7,9-10,12H,1-4,6H2/b8-7+,9-5?. The zero-order chi connectivity index (χ0) is 8.81. The number of aliphatic hydroxyl groups is 1. The van der Waals surface area contributed by atoms with E-state index < -0.39 is 0 Å². The summed E-state index contributed by atoms with van der Waals surface area (Å²) >= 11 is 0. The molecule has 0 atom stereocenters. The van der Waals surface area contributed by atoms with Crippen LogP contribution < -0.4 is 5.32 Å². The third-order valence-corrected chi connectivity index (χ3v) is 1.97. The summed E-state index contributed by atoms with van der Waals surface area (Å²) in [5.74, 6) is 0. The van der Waals surface area contributed by atoms with Crippen LogP contribution in [0.3, 0.4) is 0 Å². The molecule has 4 nitrogen and oxygen atoms in total. The second kappa shape index (κ2) is 4.90. The van der Waals surface area contributed by atoms with E-state index in [0.717, 1.165) is 32.4 Å². The van der Waals surface area contributed by atoms with Crippen molar-refractivity contribution in [1.82, 2.24) is 10.2 Å². The molecule has 0 bridgehead atoms. The predicted octanol–water partition coefficient (Wildman–Crippen LogP) is -0.0169. The summed E-state index contributed by atoms with van der Waals surface area (Å²) in [6, 6.07) is 0. The van der Waals surface area contributed by atoms with Crippen LogP contribution in [-0.4, -0.2) is 48.9 Å². The van der Waals surface area contributed by atoms with Crippen molar-refractivity contribution in [2.24, 2.45) is 0 Å². The molecule has 0 amide bonds. The van der Waals surface area contributed by atoms with Gasteiger partial charge in [0.25, 0.3) is 0 Å². The van der Waals surface area contributed by atoms with Crippen LogP contribution in [0.1, 0.15) is 0 Å². The molecule has 0 radical (unpaired) electrons. The maximum atomic E-state index is 8.70. The topological polar surface area (TPSA) is 59.4 Å². The molecule has 12 heavy (non-hydrogen) atoms. The molecule has 0 aromatic rings. The Bertz CT molecular complexity index is 173. The Morgan fingerprint density at radius 3 is 2.67 bits per heavy atom. The summed E-state index contributed by atoms with van der Waals surface area (Å²) < 4.78 is 0. The van der Waals surface area contributed by atoms with Gasteiger partial charge in [0.15, 0.2) is 0 Å². The van der Waals surface area contributed by atoms with E-state index in [2.05, 4.69) is 10.2 Å². The fourth-order valence-electron chi connectivity index (χ4n) is 1.25. The molecule has 68 valence electrons. The maximum Gasteiger partial charge on any atom is 0.0851 e. The van der Waals surface area contributed by atoms with Crippen LogP contribution in [0.15, 0.2) is 11.8 Å². The molecule has 0 aromatic heterocycles. The van der Waals surface area contributed by atoms with Crippen molar-refractivity contribution in [3.05, 3.63) is 11.8 Å². The molecule has 1 saturated heterocycles. The Morgan fingerprint density at radius 2 is 2.17 bits per heavy atom. The third kappa shape index (κ3) is 2.64. The highest BCUT2D eigenvalue weighted by Gasteiger charge is 2.09. The summed E-state index contributed by atoms with van der Waals surface area (Å²) in [6.07, 6.45) is 2.21. The van der Waals surface area contributed by atoms with Crippen LogP contribution in [0.2, 0.25) is 0 Å². The lowest BCUT2D eigenvalue weighted by molar-refractivity contribution is 0.260. The van der Waals surface area contributed by atoms with E-state index >= 15 is 0 Å². The Hall–Kier alpha value is -0.870. The minimum atomic E-state index is 0.664. The monoisotopic (exact) mass is 169 g/mol. The van der Waals surface area contributed by atoms with Gasteiger partial charge in [-0.1, -0.05) is 0 Å². The van der Waals surface area contributed by atoms with Crippen molar-refractivity contribution in [3.8, 4) is 0 Å². The van der Waals surface area contributed by atoms with E-state index in [1.807, 2.05) is 0 Å². The van der Waals surface area contributed by atoms with E-state index in [0.29, 0.717) is 12.1 Å². The van der Waals surface area contributed by atoms with Gasteiger partial charge in [-0.2, -0.15) is 0 Å². The van der Waals surface area contributed by atoms with E-state index in [1.165, 1.54) is 6.21 Å². The fraction of sp³-hybridized carbons (Fsp3) is 0.625. The zero-order valence-corrected chi connectivity index (χ0v) is 7.08. The van der Waals surface area contributed by atoms with Crippen molar-refractivity contribution < 1.29 is 5.11 Å². The smallest absolute Gasteiger partial charge is 0.0851 e. The van der Waals surface area contributed by atoms with E-state index in [4.69, 9.17) is 10.5 Å². The number of piperazine rings is 1. The lowest BCUT2D eigenvalue weighted by Crippen LogP contribution is -2.44. The van der Waals surface area contributed by atoms with Crippen LogP contribution in [0.25, 0.3) is 0 Å². The van der Waals surface area contributed by atoms with Crippen molar-refractivity contribution in [3.63, 3.8) is 0 Å². The minimum absolute atomic E-state index is 0.664. The van der Waals surface area contributed by atoms with Crippen LogP contribution in [0.5, 0.6) is 0 Å². The molecule has 1 rings (SSSR count). The van der Waals surface area contributed by atoms with Gasteiger partial charge in [-0.25, -0.2) is 0 Å². The molecule has 1 fully saturated rings. The van der Waals surface area contributed by atoms with Gasteiger partial charge < -0.3 is 15.8 Å². The zero-order valence-electron chi connectivity index (χ0n) is 7.08. The minimum Gasteiger partial charge on any atom is -0.515 e. The largest absolute Gasteiger partial charge is 0.515 e. The summed E-state index contributed by atoms with van der Waals surface area (Å²) in [4.78, 5) is 2.21. The Kier molecular flexibility index (Phi) is 3.76. The van der Waals surface area contributed by atoms with Gasteiger partial charge in [-0.3, -0.25) is 4.90 Å². The second-order valence-electron chi connectivity index (χ2n) is 2.87. The number of nitrogens with one attached hydrogen (secondary N) is 2. The summed E-state index contributed by atoms with van der Waals surface area (Å²) in [5, 5.41) is 18.9. The first-order chi connectivity index (χ1) is 5.86.